The highest BCUT2D eigenvalue weighted by Crippen LogP contribution is 2.17. The van der Waals surface area contributed by atoms with E-state index in [1.165, 1.54) is 22.9 Å². The molecule has 4 nitrogen and oxygen atoms in total. The fourth-order valence-corrected chi connectivity index (χ4v) is 1.57. The van der Waals surface area contributed by atoms with Gasteiger partial charge in [-0.1, -0.05) is 15.8 Å². The molecule has 0 aliphatic rings. The fraction of sp³-hybridized carbons (Fsp3) is 0. The molecule has 50 valence electrons. The predicted octanol–water partition coefficient (Wildman–Crippen LogP) is 1.06. The van der Waals surface area contributed by atoms with Crippen LogP contribution in [0.2, 0.25) is 0 Å². The molecule has 0 aromatic carbocycles. The normalized spacial score (nSPS) is 10.0. The molecule has 0 saturated carbocycles. The summed E-state index contributed by atoms with van der Waals surface area (Å²) in [5.41, 5.74) is 2.49. The van der Waals surface area contributed by atoms with Gasteiger partial charge in [-0.2, -0.15) is 0 Å². The Kier molecular flexibility index (Phi) is 1.40. The Hall–Kier alpha value is -0.880. The summed E-state index contributed by atoms with van der Waals surface area (Å²) in [6.07, 6.45) is 0. The summed E-state index contributed by atoms with van der Waals surface area (Å²) in [5, 5.41) is 14.0. The zero-order valence-corrected chi connectivity index (χ0v) is 6.39. The van der Waals surface area contributed by atoms with Crippen LogP contribution >= 0.6 is 22.9 Å². The van der Waals surface area contributed by atoms with Crippen molar-refractivity contribution in [2.75, 3.05) is 0 Å². The van der Waals surface area contributed by atoms with Crippen molar-refractivity contribution in [3.8, 4) is 10.7 Å². The van der Waals surface area contributed by atoms with Crippen molar-refractivity contribution in [2.45, 2.75) is 0 Å². The van der Waals surface area contributed by atoms with Crippen LogP contribution in [-0.2, 0) is 0 Å². The molecule has 0 saturated heterocycles. The highest BCUT2D eigenvalue weighted by atomic mass is 32.1. The zero-order chi connectivity index (χ0) is 6.81. The summed E-state index contributed by atoms with van der Waals surface area (Å²) in [5.74, 6) is 0. The van der Waals surface area contributed by atoms with Crippen molar-refractivity contribution < 1.29 is 0 Å². The van der Waals surface area contributed by atoms with Gasteiger partial charge in [0.1, 0.15) is 11.2 Å². The van der Waals surface area contributed by atoms with Gasteiger partial charge in [-0.15, -0.1) is 15.3 Å². The molecule has 0 fully saturated rings. The van der Waals surface area contributed by atoms with E-state index in [1.807, 2.05) is 5.38 Å². The number of aromatic nitrogens is 4. The topological polar surface area (TPSA) is 51.6 Å². The van der Waals surface area contributed by atoms with Gasteiger partial charge in [-0.05, 0) is 11.5 Å². The molecular formula is C4H2N4S2. The molecule has 2 heterocycles. The number of nitrogens with zero attached hydrogens (tertiary/aromatic N) is 4. The Morgan fingerprint density at radius 2 is 2.30 bits per heavy atom. The van der Waals surface area contributed by atoms with E-state index in [1.54, 1.807) is 5.51 Å². The number of hydrogen-bond donors (Lipinski definition) is 0. The summed E-state index contributed by atoms with van der Waals surface area (Å²) in [7, 11) is 0. The van der Waals surface area contributed by atoms with Crippen LogP contribution in [0.25, 0.3) is 10.7 Å². The van der Waals surface area contributed by atoms with Crippen molar-refractivity contribution >= 4 is 22.9 Å². The monoisotopic (exact) mass is 170 g/mol. The maximum absolute atomic E-state index is 3.84. The number of rotatable bonds is 1. The average Bonchev–Trinajstić information content (AvgIpc) is 2.59. The molecule has 6 heteroatoms. The largest absolute Gasteiger partial charge is 0.168 e. The first-order valence-electron chi connectivity index (χ1n) is 2.50. The Morgan fingerprint density at radius 1 is 1.30 bits per heavy atom. The molecule has 0 radical (unpaired) electrons. The smallest absolute Gasteiger partial charge is 0.147 e. The Labute approximate surface area is 64.7 Å². The molecular weight excluding hydrogens is 168 g/mol. The quantitative estimate of drug-likeness (QED) is 0.642. The van der Waals surface area contributed by atoms with Crippen molar-refractivity contribution in [1.82, 2.24) is 19.8 Å². The predicted molar refractivity (Wildman–Crippen MR) is 38.8 cm³/mol. The van der Waals surface area contributed by atoms with Crippen molar-refractivity contribution in [3.63, 3.8) is 0 Å². The van der Waals surface area contributed by atoms with Gasteiger partial charge in [-0.3, -0.25) is 0 Å². The highest BCUT2D eigenvalue weighted by molar-refractivity contribution is 7.13. The third-order valence-electron chi connectivity index (χ3n) is 0.939. The molecule has 10 heavy (non-hydrogen) atoms. The molecule has 0 spiro atoms. The maximum Gasteiger partial charge on any atom is 0.168 e. The summed E-state index contributed by atoms with van der Waals surface area (Å²) in [4.78, 5) is 0. The van der Waals surface area contributed by atoms with E-state index >= 15 is 0 Å². The van der Waals surface area contributed by atoms with Gasteiger partial charge < -0.3 is 0 Å². The molecule has 0 aliphatic heterocycles. The lowest BCUT2D eigenvalue weighted by Gasteiger charge is -1.78. The van der Waals surface area contributed by atoms with Crippen LogP contribution in [0, 0.1) is 0 Å². The van der Waals surface area contributed by atoms with Gasteiger partial charge in [0.2, 0.25) is 0 Å². The van der Waals surface area contributed by atoms with Crippen LogP contribution in [0.3, 0.4) is 0 Å². The maximum atomic E-state index is 3.84. The summed E-state index contributed by atoms with van der Waals surface area (Å²) >= 11 is 2.78. The third-order valence-corrected chi connectivity index (χ3v) is 2.16. The molecule has 2 aromatic heterocycles. The lowest BCUT2D eigenvalue weighted by atomic mass is 10.5. The Bertz CT molecular complexity index is 255. The first-order chi connectivity index (χ1) is 4.97. The van der Waals surface area contributed by atoms with Gasteiger partial charge in [0, 0.05) is 5.38 Å². The van der Waals surface area contributed by atoms with Crippen LogP contribution in [-0.4, -0.2) is 19.8 Å². The minimum absolute atomic E-state index is 0.813. The number of hydrogen-bond acceptors (Lipinski definition) is 6. The van der Waals surface area contributed by atoms with E-state index in [2.05, 4.69) is 19.8 Å². The summed E-state index contributed by atoms with van der Waals surface area (Å²) in [6.45, 7) is 0. The van der Waals surface area contributed by atoms with Crippen molar-refractivity contribution in [1.29, 1.82) is 0 Å². The first kappa shape index (κ1) is 5.87. The summed E-state index contributed by atoms with van der Waals surface area (Å²) < 4.78 is 3.71. The van der Waals surface area contributed by atoms with Crippen LogP contribution < -0.4 is 0 Å². The van der Waals surface area contributed by atoms with E-state index in [4.69, 9.17) is 0 Å². The molecule has 0 unspecified atom stereocenters. The van der Waals surface area contributed by atoms with Crippen molar-refractivity contribution in [2.24, 2.45) is 0 Å². The second kappa shape index (κ2) is 2.39. The third kappa shape index (κ3) is 0.910. The molecule has 0 aliphatic carbocycles. The molecule has 2 aromatic rings. The summed E-state index contributed by atoms with van der Waals surface area (Å²) in [6, 6.07) is 0. The second-order valence-corrected chi connectivity index (χ2v) is 2.98. The Morgan fingerprint density at radius 3 is 2.90 bits per heavy atom. The van der Waals surface area contributed by atoms with E-state index in [9.17, 15) is 0 Å². The molecule has 0 bridgehead atoms. The van der Waals surface area contributed by atoms with Crippen LogP contribution in [0.5, 0.6) is 0 Å². The zero-order valence-electron chi connectivity index (χ0n) is 4.76. The molecule has 0 amide bonds. The minimum Gasteiger partial charge on any atom is -0.147 e. The highest BCUT2D eigenvalue weighted by Gasteiger charge is 2.02. The van der Waals surface area contributed by atoms with Crippen LogP contribution in [0.15, 0.2) is 10.9 Å². The van der Waals surface area contributed by atoms with Gasteiger partial charge in [-0.25, -0.2) is 0 Å². The lowest BCUT2D eigenvalue weighted by molar-refractivity contribution is 1.07. The molecule has 0 atom stereocenters. The Balaban J connectivity index is 2.48. The first-order valence-corrected chi connectivity index (χ1v) is 4.22. The van der Waals surface area contributed by atoms with Crippen LogP contribution in [0.4, 0.5) is 0 Å². The van der Waals surface area contributed by atoms with E-state index < -0.39 is 0 Å². The lowest BCUT2D eigenvalue weighted by Crippen LogP contribution is -1.75. The second-order valence-electron chi connectivity index (χ2n) is 1.53. The molecule has 2 rings (SSSR count). The van der Waals surface area contributed by atoms with Crippen molar-refractivity contribution in [3.05, 3.63) is 10.9 Å². The van der Waals surface area contributed by atoms with E-state index in [0.29, 0.717) is 0 Å². The van der Waals surface area contributed by atoms with Gasteiger partial charge in [0.15, 0.2) is 5.01 Å². The van der Waals surface area contributed by atoms with E-state index in [0.717, 1.165) is 10.7 Å². The standard InChI is InChI=1S/C4H2N4S2/c1-3(6-8-10-1)4-7-5-2-9-4/h1-2H. The van der Waals surface area contributed by atoms with Crippen LogP contribution in [0.1, 0.15) is 0 Å². The van der Waals surface area contributed by atoms with Gasteiger partial charge in [0.25, 0.3) is 0 Å². The molecule has 0 N–H and O–H groups in total. The minimum atomic E-state index is 0.813. The SMILES string of the molecule is c1nnc(-c2csnn2)s1. The fourth-order valence-electron chi connectivity index (χ4n) is 0.542. The van der Waals surface area contributed by atoms with Gasteiger partial charge >= 0.3 is 0 Å². The average molecular weight is 170 g/mol. The van der Waals surface area contributed by atoms with E-state index in [-0.39, 0.29) is 0 Å². The van der Waals surface area contributed by atoms with Gasteiger partial charge in [0.05, 0.1) is 0 Å².